The normalized spacial score (nSPS) is 11.4. The van der Waals surface area contributed by atoms with Gasteiger partial charge in [0.25, 0.3) is 0 Å². The summed E-state index contributed by atoms with van der Waals surface area (Å²) in [7, 11) is 0. The highest BCUT2D eigenvalue weighted by molar-refractivity contribution is 5.84. The molecular weight excluding hydrogens is 314 g/mol. The van der Waals surface area contributed by atoms with Gasteiger partial charge in [0.05, 0.1) is 5.69 Å². The Balaban J connectivity index is 2.36. The van der Waals surface area contributed by atoms with Crippen molar-refractivity contribution in [3.05, 3.63) is 80.2 Å². The van der Waals surface area contributed by atoms with Crippen LogP contribution in [0.2, 0.25) is 0 Å². The SMILES string of the molecule is C=C(c1c(C)c(C)c(C)c(C)c1C)c1ccc2c(C)c(C)c(C)c(C)n12. The molecule has 0 fully saturated rings. The van der Waals surface area contributed by atoms with Crippen LogP contribution in [0, 0.1) is 62.3 Å². The maximum Gasteiger partial charge on any atom is 0.0531 e. The van der Waals surface area contributed by atoms with E-state index in [4.69, 9.17) is 0 Å². The van der Waals surface area contributed by atoms with Crippen molar-refractivity contribution in [3.63, 3.8) is 0 Å². The predicted octanol–water partition coefficient (Wildman–Crippen LogP) is 6.78. The summed E-state index contributed by atoms with van der Waals surface area (Å²) < 4.78 is 2.39. The lowest BCUT2D eigenvalue weighted by molar-refractivity contribution is 1.02. The highest BCUT2D eigenvalue weighted by Gasteiger charge is 2.19. The van der Waals surface area contributed by atoms with Crippen LogP contribution in [0.5, 0.6) is 0 Å². The molecule has 3 rings (SSSR count). The van der Waals surface area contributed by atoms with Crippen molar-refractivity contribution in [2.45, 2.75) is 62.3 Å². The van der Waals surface area contributed by atoms with Gasteiger partial charge in [-0.2, -0.15) is 0 Å². The third-order valence-electron chi connectivity index (χ3n) is 6.88. The van der Waals surface area contributed by atoms with Crippen molar-refractivity contribution >= 4 is 11.1 Å². The Kier molecular flexibility index (Phi) is 4.38. The molecule has 1 aromatic carbocycles. The molecule has 0 saturated carbocycles. The highest BCUT2D eigenvalue weighted by atomic mass is 14.9. The lowest BCUT2D eigenvalue weighted by atomic mass is 9.85. The van der Waals surface area contributed by atoms with Gasteiger partial charge in [-0.3, -0.25) is 0 Å². The molecule has 1 nitrogen and oxygen atoms in total. The molecule has 1 heteroatoms. The third kappa shape index (κ3) is 2.37. The molecule has 0 aliphatic rings. The Hall–Kier alpha value is -2.28. The van der Waals surface area contributed by atoms with Gasteiger partial charge in [0.2, 0.25) is 0 Å². The summed E-state index contributed by atoms with van der Waals surface area (Å²) in [4.78, 5) is 0. The van der Waals surface area contributed by atoms with E-state index in [1.54, 1.807) is 0 Å². The number of nitrogens with zero attached hydrogens (tertiary/aromatic N) is 1. The monoisotopic (exact) mass is 345 g/mol. The van der Waals surface area contributed by atoms with E-state index in [0.29, 0.717) is 0 Å². The molecule has 0 aliphatic carbocycles. The number of aryl methyl sites for hydroxylation is 2. The molecular formula is C25H31N. The molecule has 0 atom stereocenters. The molecule has 0 spiro atoms. The molecule has 2 heterocycles. The minimum atomic E-state index is 1.12. The van der Waals surface area contributed by atoms with Gasteiger partial charge in [-0.05, 0) is 130 Å². The largest absolute Gasteiger partial charge is 0.313 e. The summed E-state index contributed by atoms with van der Waals surface area (Å²) in [6.07, 6.45) is 0. The Morgan fingerprint density at radius 1 is 0.615 bits per heavy atom. The fourth-order valence-corrected chi connectivity index (χ4v) is 4.32. The van der Waals surface area contributed by atoms with Crippen LogP contribution in [-0.2, 0) is 0 Å². The summed E-state index contributed by atoms with van der Waals surface area (Å²) in [6.45, 7) is 24.6. The molecule has 2 aromatic heterocycles. The summed E-state index contributed by atoms with van der Waals surface area (Å²) in [5.41, 5.74) is 17.2. The fraction of sp³-hybridized carbons (Fsp3) is 0.360. The Bertz CT molecular complexity index is 1040. The van der Waals surface area contributed by atoms with Crippen LogP contribution in [0.4, 0.5) is 0 Å². The van der Waals surface area contributed by atoms with Crippen molar-refractivity contribution in [2.75, 3.05) is 0 Å². The third-order valence-corrected chi connectivity index (χ3v) is 6.88. The molecule has 0 unspecified atom stereocenters. The second-order valence-electron chi connectivity index (χ2n) is 7.88. The number of rotatable bonds is 2. The molecule has 0 N–H and O–H groups in total. The van der Waals surface area contributed by atoms with E-state index in [2.05, 4.69) is 85.4 Å². The number of fused-ring (bicyclic) bond motifs is 1. The van der Waals surface area contributed by atoms with Crippen molar-refractivity contribution in [2.24, 2.45) is 0 Å². The minimum absolute atomic E-state index is 1.12. The first kappa shape index (κ1) is 18.5. The Labute approximate surface area is 158 Å². The summed E-state index contributed by atoms with van der Waals surface area (Å²) in [5, 5.41) is 0. The van der Waals surface area contributed by atoms with E-state index < -0.39 is 0 Å². The average molecular weight is 346 g/mol. The van der Waals surface area contributed by atoms with Crippen molar-refractivity contribution in [1.29, 1.82) is 0 Å². The van der Waals surface area contributed by atoms with E-state index in [1.165, 1.54) is 67.0 Å². The molecule has 0 aliphatic heterocycles. The van der Waals surface area contributed by atoms with E-state index in [9.17, 15) is 0 Å². The van der Waals surface area contributed by atoms with Gasteiger partial charge in [0.1, 0.15) is 0 Å². The lowest BCUT2D eigenvalue weighted by Gasteiger charge is -2.21. The standard InChI is InChI=1S/C25H31N/c1-13-14(2)19(7)25(20(8)15(13)3)21(9)24-12-11-23-18(6)16(4)17(5)22(10)26(23)24/h11-12H,9H2,1-8,10H3. The molecule has 26 heavy (non-hydrogen) atoms. The maximum atomic E-state index is 4.55. The smallest absolute Gasteiger partial charge is 0.0531 e. The van der Waals surface area contributed by atoms with Gasteiger partial charge in [0, 0.05) is 11.2 Å². The highest BCUT2D eigenvalue weighted by Crippen LogP contribution is 2.35. The minimum Gasteiger partial charge on any atom is -0.313 e. The Morgan fingerprint density at radius 2 is 1.08 bits per heavy atom. The Morgan fingerprint density at radius 3 is 1.62 bits per heavy atom. The first-order valence-electron chi connectivity index (χ1n) is 9.44. The van der Waals surface area contributed by atoms with Crippen molar-refractivity contribution in [1.82, 2.24) is 4.40 Å². The van der Waals surface area contributed by atoms with Gasteiger partial charge in [-0.25, -0.2) is 0 Å². The van der Waals surface area contributed by atoms with Crippen molar-refractivity contribution < 1.29 is 0 Å². The van der Waals surface area contributed by atoms with Gasteiger partial charge >= 0.3 is 0 Å². The van der Waals surface area contributed by atoms with E-state index in [1.807, 2.05) is 0 Å². The summed E-state index contributed by atoms with van der Waals surface area (Å²) >= 11 is 0. The van der Waals surface area contributed by atoms with Crippen LogP contribution >= 0.6 is 0 Å². The molecule has 136 valence electrons. The average Bonchev–Trinajstić information content (AvgIpc) is 3.06. The van der Waals surface area contributed by atoms with E-state index in [-0.39, 0.29) is 0 Å². The van der Waals surface area contributed by atoms with Crippen LogP contribution in [0.1, 0.15) is 61.5 Å². The van der Waals surface area contributed by atoms with Crippen molar-refractivity contribution in [3.8, 4) is 0 Å². The number of benzene rings is 1. The summed E-state index contributed by atoms with van der Waals surface area (Å²) in [5.74, 6) is 0. The van der Waals surface area contributed by atoms with Gasteiger partial charge in [0.15, 0.2) is 0 Å². The molecule has 0 bridgehead atoms. The van der Waals surface area contributed by atoms with Gasteiger partial charge in [-0.15, -0.1) is 0 Å². The first-order chi connectivity index (χ1) is 12.1. The van der Waals surface area contributed by atoms with Crippen LogP contribution in [-0.4, -0.2) is 4.40 Å². The zero-order valence-corrected chi connectivity index (χ0v) is 17.8. The molecule has 0 saturated heterocycles. The quantitative estimate of drug-likeness (QED) is 0.482. The fourth-order valence-electron chi connectivity index (χ4n) is 4.32. The van der Waals surface area contributed by atoms with E-state index in [0.717, 1.165) is 5.57 Å². The maximum absolute atomic E-state index is 4.55. The van der Waals surface area contributed by atoms with Gasteiger partial charge < -0.3 is 4.40 Å². The molecule has 3 aromatic rings. The number of aromatic nitrogens is 1. The molecule has 0 amide bonds. The van der Waals surface area contributed by atoms with Crippen LogP contribution in [0.25, 0.3) is 11.1 Å². The number of hydrogen-bond acceptors (Lipinski definition) is 0. The van der Waals surface area contributed by atoms with Gasteiger partial charge in [-0.1, -0.05) is 6.58 Å². The second-order valence-corrected chi connectivity index (χ2v) is 7.88. The van der Waals surface area contributed by atoms with E-state index >= 15 is 0 Å². The summed E-state index contributed by atoms with van der Waals surface area (Å²) in [6, 6.07) is 4.48. The topological polar surface area (TPSA) is 4.41 Å². The van der Waals surface area contributed by atoms with Crippen LogP contribution < -0.4 is 0 Å². The predicted molar refractivity (Wildman–Crippen MR) is 115 cm³/mol. The first-order valence-corrected chi connectivity index (χ1v) is 9.44. The zero-order valence-electron chi connectivity index (χ0n) is 17.8. The number of pyridine rings is 1. The molecule has 0 radical (unpaired) electrons. The number of hydrogen-bond donors (Lipinski definition) is 0. The lowest BCUT2D eigenvalue weighted by Crippen LogP contribution is -2.07. The second kappa shape index (κ2) is 6.16. The van der Waals surface area contributed by atoms with Crippen LogP contribution in [0.3, 0.4) is 0 Å². The van der Waals surface area contributed by atoms with Crippen LogP contribution in [0.15, 0.2) is 18.7 Å². The zero-order chi connectivity index (χ0) is 19.5.